The molecule has 0 bridgehead atoms. The summed E-state index contributed by atoms with van der Waals surface area (Å²) in [6, 6.07) is 17.3. The number of hydrogen-bond acceptors (Lipinski definition) is 4. The van der Waals surface area contributed by atoms with Crippen LogP contribution >= 0.6 is 11.6 Å². The third kappa shape index (κ3) is 6.07. The second kappa shape index (κ2) is 10.3. The highest BCUT2D eigenvalue weighted by atomic mass is 35.5. The minimum Gasteiger partial charge on any atom is -0.435 e. The average molecular weight is 495 g/mol. The fourth-order valence-corrected chi connectivity index (χ4v) is 4.20. The highest BCUT2D eigenvalue weighted by Crippen LogP contribution is 2.28. The maximum absolute atomic E-state index is 12.9. The van der Waals surface area contributed by atoms with Crippen molar-refractivity contribution in [3.05, 3.63) is 88.4 Å². The van der Waals surface area contributed by atoms with E-state index in [0.29, 0.717) is 17.7 Å². The highest BCUT2D eigenvalue weighted by molar-refractivity contribution is 7.89. The van der Waals surface area contributed by atoms with E-state index in [-0.39, 0.29) is 21.2 Å². The molecule has 0 fully saturated rings. The Bertz CT molecular complexity index is 1250. The molecule has 3 aromatic rings. The number of anilines is 1. The molecule has 0 aliphatic rings. The summed E-state index contributed by atoms with van der Waals surface area (Å²) in [6.07, 6.45) is 0.296. The average Bonchev–Trinajstić information content (AvgIpc) is 2.76. The van der Waals surface area contributed by atoms with Crippen LogP contribution in [0.1, 0.15) is 21.5 Å². The Labute approximate surface area is 195 Å². The standard InChI is InChI=1S/C23H21ClF2N2O4S/c1-28(2)33(30,31)18-9-10-20(24)19(14-18)22(29)27-17-8-11-21(32-23(25)26)16(13-17)12-15-6-4-3-5-7-15/h3-11,13-14,23H,12H2,1-2H3,(H,27,29). The van der Waals surface area contributed by atoms with Gasteiger partial charge in [-0.2, -0.15) is 8.78 Å². The highest BCUT2D eigenvalue weighted by Gasteiger charge is 2.21. The van der Waals surface area contributed by atoms with E-state index in [9.17, 15) is 22.0 Å². The first kappa shape index (κ1) is 24.6. The van der Waals surface area contributed by atoms with E-state index in [4.69, 9.17) is 11.6 Å². The number of amides is 1. The van der Waals surface area contributed by atoms with Crippen molar-refractivity contribution in [1.29, 1.82) is 0 Å². The molecule has 174 valence electrons. The number of benzene rings is 3. The van der Waals surface area contributed by atoms with Crippen molar-refractivity contribution in [3.8, 4) is 5.75 Å². The van der Waals surface area contributed by atoms with Gasteiger partial charge in [0.1, 0.15) is 5.75 Å². The summed E-state index contributed by atoms with van der Waals surface area (Å²) in [5, 5.41) is 2.70. The van der Waals surface area contributed by atoms with E-state index in [0.717, 1.165) is 9.87 Å². The van der Waals surface area contributed by atoms with Crippen molar-refractivity contribution in [1.82, 2.24) is 4.31 Å². The van der Waals surface area contributed by atoms with E-state index in [2.05, 4.69) is 10.1 Å². The molecule has 10 heteroatoms. The van der Waals surface area contributed by atoms with Crippen LogP contribution in [-0.4, -0.2) is 39.3 Å². The number of nitrogens with zero attached hydrogens (tertiary/aromatic N) is 1. The molecule has 0 saturated carbocycles. The number of sulfonamides is 1. The van der Waals surface area contributed by atoms with Crippen molar-refractivity contribution >= 4 is 33.2 Å². The van der Waals surface area contributed by atoms with E-state index in [1.165, 1.54) is 50.5 Å². The SMILES string of the molecule is CN(C)S(=O)(=O)c1ccc(Cl)c(C(=O)Nc2ccc(OC(F)F)c(Cc3ccccc3)c2)c1. The van der Waals surface area contributed by atoms with E-state index in [1.54, 1.807) is 0 Å². The predicted octanol–water partition coefficient (Wildman–Crippen LogP) is 5.03. The van der Waals surface area contributed by atoms with Gasteiger partial charge in [-0.05, 0) is 42.0 Å². The van der Waals surface area contributed by atoms with Crippen LogP contribution in [0, 0.1) is 0 Å². The van der Waals surface area contributed by atoms with Gasteiger partial charge in [-0.1, -0.05) is 41.9 Å². The van der Waals surface area contributed by atoms with Gasteiger partial charge in [-0.3, -0.25) is 4.79 Å². The number of ether oxygens (including phenoxy) is 1. The molecule has 0 saturated heterocycles. The topological polar surface area (TPSA) is 75.7 Å². The van der Waals surface area contributed by atoms with Gasteiger partial charge in [-0.25, -0.2) is 12.7 Å². The Hall–Kier alpha value is -3.01. The third-order valence-electron chi connectivity index (χ3n) is 4.73. The lowest BCUT2D eigenvalue weighted by molar-refractivity contribution is -0.0503. The molecule has 0 aliphatic carbocycles. The molecule has 3 rings (SSSR count). The van der Waals surface area contributed by atoms with Crippen LogP contribution in [0.15, 0.2) is 71.6 Å². The van der Waals surface area contributed by atoms with Crippen molar-refractivity contribution in [2.24, 2.45) is 0 Å². The number of carbonyl (C=O) groups excluding carboxylic acids is 1. The summed E-state index contributed by atoms with van der Waals surface area (Å²) >= 11 is 6.14. The number of rotatable bonds is 8. The van der Waals surface area contributed by atoms with Gasteiger partial charge >= 0.3 is 6.61 Å². The van der Waals surface area contributed by atoms with Gasteiger partial charge in [0.2, 0.25) is 10.0 Å². The van der Waals surface area contributed by atoms with E-state index in [1.807, 2.05) is 30.3 Å². The molecule has 0 spiro atoms. The van der Waals surface area contributed by atoms with Gasteiger partial charge in [0.25, 0.3) is 5.91 Å². The van der Waals surface area contributed by atoms with E-state index >= 15 is 0 Å². The molecule has 3 aromatic carbocycles. The molecule has 0 aromatic heterocycles. The fourth-order valence-electron chi connectivity index (χ4n) is 3.07. The van der Waals surface area contributed by atoms with Gasteiger partial charge in [0.15, 0.2) is 0 Å². The van der Waals surface area contributed by atoms with Crippen LogP contribution in [0.3, 0.4) is 0 Å². The van der Waals surface area contributed by atoms with Crippen LogP contribution < -0.4 is 10.1 Å². The molecule has 6 nitrogen and oxygen atoms in total. The molecular weight excluding hydrogens is 474 g/mol. The van der Waals surface area contributed by atoms with Crippen molar-refractivity contribution in [2.75, 3.05) is 19.4 Å². The minimum atomic E-state index is -3.77. The van der Waals surface area contributed by atoms with Crippen LogP contribution in [0.4, 0.5) is 14.5 Å². The number of hydrogen-bond donors (Lipinski definition) is 1. The zero-order chi connectivity index (χ0) is 24.2. The first-order valence-corrected chi connectivity index (χ1v) is 11.5. The zero-order valence-corrected chi connectivity index (χ0v) is 19.3. The van der Waals surface area contributed by atoms with Crippen LogP contribution in [0.2, 0.25) is 5.02 Å². The first-order chi connectivity index (χ1) is 15.6. The van der Waals surface area contributed by atoms with E-state index < -0.39 is 22.5 Å². The molecule has 0 heterocycles. The van der Waals surface area contributed by atoms with Crippen molar-refractivity contribution in [2.45, 2.75) is 17.9 Å². The Kier molecular flexibility index (Phi) is 7.68. The predicted molar refractivity (Wildman–Crippen MR) is 123 cm³/mol. The number of halogens is 3. The number of nitrogens with one attached hydrogen (secondary N) is 1. The smallest absolute Gasteiger partial charge is 0.387 e. The Morgan fingerprint density at radius 2 is 1.76 bits per heavy atom. The van der Waals surface area contributed by atoms with Gasteiger partial charge in [0.05, 0.1) is 15.5 Å². The molecule has 1 amide bonds. The zero-order valence-electron chi connectivity index (χ0n) is 17.8. The summed E-state index contributed by atoms with van der Waals surface area (Å²) in [4.78, 5) is 12.8. The van der Waals surface area contributed by atoms with Gasteiger partial charge in [0, 0.05) is 31.8 Å². The third-order valence-corrected chi connectivity index (χ3v) is 6.87. The van der Waals surface area contributed by atoms with Gasteiger partial charge in [-0.15, -0.1) is 0 Å². The molecule has 0 radical (unpaired) electrons. The fraction of sp³-hybridized carbons (Fsp3) is 0.174. The normalized spacial score (nSPS) is 11.6. The second-order valence-electron chi connectivity index (χ2n) is 7.25. The maximum Gasteiger partial charge on any atom is 0.387 e. The Morgan fingerprint density at radius 3 is 2.39 bits per heavy atom. The quantitative estimate of drug-likeness (QED) is 0.476. The molecule has 1 N–H and O–H groups in total. The summed E-state index contributed by atoms with van der Waals surface area (Å²) in [5.41, 5.74) is 1.57. The maximum atomic E-state index is 12.9. The summed E-state index contributed by atoms with van der Waals surface area (Å²) < 4.78 is 56.1. The van der Waals surface area contributed by atoms with Crippen LogP contribution in [0.25, 0.3) is 0 Å². The monoisotopic (exact) mass is 494 g/mol. The summed E-state index contributed by atoms with van der Waals surface area (Å²) in [7, 11) is -1.02. The first-order valence-electron chi connectivity index (χ1n) is 9.73. The summed E-state index contributed by atoms with van der Waals surface area (Å²) in [6.45, 7) is -3.00. The molecule has 0 aliphatic heterocycles. The van der Waals surface area contributed by atoms with Crippen molar-refractivity contribution in [3.63, 3.8) is 0 Å². The summed E-state index contributed by atoms with van der Waals surface area (Å²) in [5.74, 6) is -0.659. The second-order valence-corrected chi connectivity index (χ2v) is 9.81. The lowest BCUT2D eigenvalue weighted by atomic mass is 10.0. The minimum absolute atomic E-state index is 0.0102. The van der Waals surface area contributed by atoms with Crippen molar-refractivity contribution < 1.29 is 26.7 Å². The Morgan fingerprint density at radius 1 is 1.06 bits per heavy atom. The lowest BCUT2D eigenvalue weighted by Crippen LogP contribution is -2.23. The molecular formula is C23H21ClF2N2O4S. The molecule has 0 unspecified atom stereocenters. The van der Waals surface area contributed by atoms with Gasteiger partial charge < -0.3 is 10.1 Å². The number of carbonyl (C=O) groups is 1. The van der Waals surface area contributed by atoms with Crippen LogP contribution in [0.5, 0.6) is 5.75 Å². The number of alkyl halides is 2. The largest absolute Gasteiger partial charge is 0.435 e. The lowest BCUT2D eigenvalue weighted by Gasteiger charge is -2.15. The Balaban J connectivity index is 1.91. The molecule has 33 heavy (non-hydrogen) atoms. The van der Waals surface area contributed by atoms with Crippen LogP contribution in [-0.2, 0) is 16.4 Å². The molecule has 0 atom stereocenters.